The van der Waals surface area contributed by atoms with E-state index in [0.717, 1.165) is 28.3 Å². The minimum absolute atomic E-state index is 0.140. The molecule has 0 atom stereocenters. The first-order chi connectivity index (χ1) is 12.4. The fraction of sp³-hybridized carbons (Fsp3) is 0.263. The van der Waals surface area contributed by atoms with E-state index in [2.05, 4.69) is 5.32 Å². The van der Waals surface area contributed by atoms with Crippen LogP contribution in [0.15, 0.2) is 42.5 Å². The van der Waals surface area contributed by atoms with Gasteiger partial charge in [-0.1, -0.05) is 18.2 Å². The van der Waals surface area contributed by atoms with Gasteiger partial charge in [0.2, 0.25) is 11.8 Å². The molecule has 0 fully saturated rings. The molecule has 1 N–H and O–H groups in total. The maximum Gasteiger partial charge on any atom is 0.240 e. The fourth-order valence-electron chi connectivity index (χ4n) is 2.51. The maximum absolute atomic E-state index is 13.9. The van der Waals surface area contributed by atoms with Crippen LogP contribution in [0, 0.1) is 11.6 Å². The van der Waals surface area contributed by atoms with Gasteiger partial charge in [-0.2, -0.15) is 0 Å². The molecule has 0 saturated heterocycles. The molecule has 0 spiro atoms. The number of methoxy groups -OCH3 is 1. The number of carbonyl (C=O) groups excluding carboxylic acids is 2. The lowest BCUT2D eigenvalue weighted by molar-refractivity contribution is -0.123. The van der Waals surface area contributed by atoms with Crippen LogP contribution in [0.1, 0.15) is 12.5 Å². The van der Waals surface area contributed by atoms with Crippen molar-refractivity contribution in [2.24, 2.45) is 0 Å². The molecule has 5 nitrogen and oxygen atoms in total. The van der Waals surface area contributed by atoms with Gasteiger partial charge in [-0.05, 0) is 30.2 Å². The zero-order valence-electron chi connectivity index (χ0n) is 14.6. The van der Waals surface area contributed by atoms with Gasteiger partial charge in [0, 0.05) is 19.5 Å². The van der Waals surface area contributed by atoms with E-state index >= 15 is 0 Å². The van der Waals surface area contributed by atoms with E-state index in [9.17, 15) is 18.4 Å². The summed E-state index contributed by atoms with van der Waals surface area (Å²) in [6.07, 6.45) is 0.542. The Bertz CT molecular complexity index is 796. The molecule has 0 aromatic heterocycles. The van der Waals surface area contributed by atoms with Crippen LogP contribution in [0.2, 0.25) is 0 Å². The monoisotopic (exact) mass is 362 g/mol. The minimum atomic E-state index is -0.901. The summed E-state index contributed by atoms with van der Waals surface area (Å²) in [7, 11) is 1.57. The average molecular weight is 362 g/mol. The van der Waals surface area contributed by atoms with Gasteiger partial charge in [-0.3, -0.25) is 9.59 Å². The fourth-order valence-corrected chi connectivity index (χ4v) is 2.51. The Hall–Kier alpha value is -2.96. The summed E-state index contributed by atoms with van der Waals surface area (Å²) in [5, 5.41) is 2.68. The van der Waals surface area contributed by atoms with Gasteiger partial charge in [-0.15, -0.1) is 0 Å². The van der Waals surface area contributed by atoms with Crippen molar-refractivity contribution in [3.63, 3.8) is 0 Å². The number of hydrogen-bond donors (Lipinski definition) is 1. The second-order valence-corrected chi connectivity index (χ2v) is 5.61. The lowest BCUT2D eigenvalue weighted by Gasteiger charge is -2.21. The van der Waals surface area contributed by atoms with E-state index in [1.165, 1.54) is 6.92 Å². The summed E-state index contributed by atoms with van der Waals surface area (Å²) in [6.45, 7) is 1.19. The van der Waals surface area contributed by atoms with Gasteiger partial charge < -0.3 is 15.0 Å². The second kappa shape index (κ2) is 8.94. The number of nitrogens with zero attached hydrogens (tertiary/aromatic N) is 1. The number of anilines is 1. The summed E-state index contributed by atoms with van der Waals surface area (Å²) in [5.41, 5.74) is 0.794. The molecule has 0 aliphatic heterocycles. The molecule has 0 heterocycles. The van der Waals surface area contributed by atoms with Crippen LogP contribution in [0.4, 0.5) is 14.5 Å². The number of halogens is 2. The van der Waals surface area contributed by atoms with Gasteiger partial charge in [-0.25, -0.2) is 8.78 Å². The number of hydrogen-bond acceptors (Lipinski definition) is 3. The molecule has 2 aromatic carbocycles. The van der Waals surface area contributed by atoms with Gasteiger partial charge in [0.15, 0.2) is 0 Å². The summed E-state index contributed by atoms with van der Waals surface area (Å²) in [6, 6.07) is 10.3. The van der Waals surface area contributed by atoms with Crippen LogP contribution in [0.5, 0.6) is 5.75 Å². The summed E-state index contributed by atoms with van der Waals surface area (Å²) in [4.78, 5) is 24.9. The van der Waals surface area contributed by atoms with E-state index in [-0.39, 0.29) is 12.2 Å². The Morgan fingerprint density at radius 1 is 1.15 bits per heavy atom. The SMILES string of the molecule is COc1ccccc1CCNC(=O)CN(C(C)=O)c1ccc(F)cc1F. The quantitative estimate of drug-likeness (QED) is 0.824. The Labute approximate surface area is 150 Å². The van der Waals surface area contributed by atoms with Crippen molar-refractivity contribution < 1.29 is 23.1 Å². The van der Waals surface area contributed by atoms with Crippen molar-refractivity contribution in [1.82, 2.24) is 5.32 Å². The lowest BCUT2D eigenvalue weighted by atomic mass is 10.1. The number of nitrogens with one attached hydrogen (secondary N) is 1. The third-order valence-electron chi connectivity index (χ3n) is 3.79. The zero-order chi connectivity index (χ0) is 19.1. The molecule has 2 amide bonds. The van der Waals surface area contributed by atoms with E-state index < -0.39 is 23.4 Å². The highest BCUT2D eigenvalue weighted by Crippen LogP contribution is 2.20. The predicted octanol–water partition coefficient (Wildman–Crippen LogP) is 2.69. The number of rotatable bonds is 7. The summed E-state index contributed by atoms with van der Waals surface area (Å²) in [5.74, 6) is -1.90. The number of benzene rings is 2. The second-order valence-electron chi connectivity index (χ2n) is 5.61. The summed E-state index contributed by atoms with van der Waals surface area (Å²) >= 11 is 0. The van der Waals surface area contributed by atoms with Crippen molar-refractivity contribution in [3.8, 4) is 5.75 Å². The number of amides is 2. The first-order valence-corrected chi connectivity index (χ1v) is 8.04. The highest BCUT2D eigenvalue weighted by molar-refractivity contribution is 5.97. The van der Waals surface area contributed by atoms with E-state index in [0.29, 0.717) is 19.0 Å². The highest BCUT2D eigenvalue weighted by atomic mass is 19.1. The molecule has 0 saturated carbocycles. The largest absolute Gasteiger partial charge is 0.496 e. The molecular weight excluding hydrogens is 342 g/mol. The molecular formula is C19H20F2N2O3. The van der Waals surface area contributed by atoms with E-state index in [1.807, 2.05) is 24.3 Å². The van der Waals surface area contributed by atoms with Crippen LogP contribution in [-0.2, 0) is 16.0 Å². The standard InChI is InChI=1S/C19H20F2N2O3/c1-13(24)23(17-8-7-15(20)11-16(17)21)12-19(25)22-10-9-14-5-3-4-6-18(14)26-2/h3-8,11H,9-10,12H2,1-2H3,(H,22,25). The molecule has 0 radical (unpaired) electrons. The van der Waals surface area contributed by atoms with Crippen molar-refractivity contribution in [2.75, 3.05) is 25.1 Å². The lowest BCUT2D eigenvalue weighted by Crippen LogP contribution is -2.40. The third-order valence-corrected chi connectivity index (χ3v) is 3.79. The molecule has 7 heteroatoms. The van der Waals surface area contributed by atoms with E-state index in [4.69, 9.17) is 4.74 Å². The molecule has 0 unspecified atom stereocenters. The molecule has 0 bridgehead atoms. The Morgan fingerprint density at radius 2 is 1.88 bits per heavy atom. The van der Waals surface area contributed by atoms with Crippen LogP contribution in [-0.4, -0.2) is 32.0 Å². The third kappa shape index (κ3) is 5.02. The van der Waals surface area contributed by atoms with E-state index in [1.54, 1.807) is 7.11 Å². The molecule has 138 valence electrons. The van der Waals surface area contributed by atoms with Crippen LogP contribution in [0.3, 0.4) is 0 Å². The Morgan fingerprint density at radius 3 is 2.54 bits per heavy atom. The normalized spacial score (nSPS) is 10.3. The minimum Gasteiger partial charge on any atom is -0.496 e. The van der Waals surface area contributed by atoms with Crippen molar-refractivity contribution >= 4 is 17.5 Å². The topological polar surface area (TPSA) is 58.6 Å². The average Bonchev–Trinajstić information content (AvgIpc) is 2.60. The zero-order valence-corrected chi connectivity index (χ0v) is 14.6. The van der Waals surface area contributed by atoms with Gasteiger partial charge in [0.25, 0.3) is 0 Å². The van der Waals surface area contributed by atoms with Crippen LogP contribution >= 0.6 is 0 Å². The molecule has 0 aliphatic carbocycles. The first kappa shape index (κ1) is 19.4. The number of ether oxygens (including phenoxy) is 1. The molecule has 2 aromatic rings. The molecule has 26 heavy (non-hydrogen) atoms. The van der Waals surface area contributed by atoms with Crippen LogP contribution < -0.4 is 15.0 Å². The Balaban J connectivity index is 1.97. The maximum atomic E-state index is 13.9. The van der Waals surface area contributed by atoms with Gasteiger partial charge in [0.05, 0.1) is 12.8 Å². The Kier molecular flexibility index (Phi) is 6.66. The van der Waals surface area contributed by atoms with Gasteiger partial charge in [0.1, 0.15) is 23.9 Å². The number of para-hydroxylation sites is 1. The highest BCUT2D eigenvalue weighted by Gasteiger charge is 2.19. The van der Waals surface area contributed by atoms with Crippen molar-refractivity contribution in [2.45, 2.75) is 13.3 Å². The first-order valence-electron chi connectivity index (χ1n) is 8.04. The van der Waals surface area contributed by atoms with Crippen molar-refractivity contribution in [1.29, 1.82) is 0 Å². The molecule has 2 rings (SSSR count). The predicted molar refractivity (Wildman–Crippen MR) is 94.1 cm³/mol. The van der Waals surface area contributed by atoms with Gasteiger partial charge >= 0.3 is 0 Å². The molecule has 0 aliphatic rings. The smallest absolute Gasteiger partial charge is 0.240 e. The summed E-state index contributed by atoms with van der Waals surface area (Å²) < 4.78 is 32.2. The van der Waals surface area contributed by atoms with Crippen LogP contribution in [0.25, 0.3) is 0 Å². The number of carbonyl (C=O) groups is 2. The van der Waals surface area contributed by atoms with Crippen molar-refractivity contribution in [3.05, 3.63) is 59.7 Å².